The third-order valence-corrected chi connectivity index (χ3v) is 6.31. The van der Waals surface area contributed by atoms with Gasteiger partial charge in [0, 0.05) is 9.75 Å². The molecule has 0 bridgehead atoms. The van der Waals surface area contributed by atoms with Crippen molar-refractivity contribution in [1.29, 1.82) is 0 Å². The Labute approximate surface area is 154 Å². The summed E-state index contributed by atoms with van der Waals surface area (Å²) in [5.41, 5.74) is 5.96. The van der Waals surface area contributed by atoms with Crippen molar-refractivity contribution < 1.29 is 0 Å². The van der Waals surface area contributed by atoms with Crippen LogP contribution in [0.2, 0.25) is 0 Å². The zero-order chi connectivity index (χ0) is 16.8. The van der Waals surface area contributed by atoms with Crippen molar-refractivity contribution in [2.45, 2.75) is 52.4 Å². The maximum Gasteiger partial charge on any atom is 0.0345 e. The van der Waals surface area contributed by atoms with E-state index in [1.54, 1.807) is 0 Å². The number of aryl methyl sites for hydroxylation is 2. The lowest BCUT2D eigenvalue weighted by atomic mass is 9.91. The molecule has 126 valence electrons. The van der Waals surface area contributed by atoms with Crippen LogP contribution in [0.5, 0.6) is 0 Å². The van der Waals surface area contributed by atoms with Gasteiger partial charge >= 0.3 is 0 Å². The first-order chi connectivity index (χ1) is 11.8. The van der Waals surface area contributed by atoms with Crippen molar-refractivity contribution in [1.82, 2.24) is 0 Å². The minimum absolute atomic E-state index is 1.18. The maximum atomic E-state index is 2.49. The molecule has 0 aliphatic rings. The lowest BCUT2D eigenvalue weighted by Crippen LogP contribution is -1.96. The molecule has 3 rings (SSSR count). The molecule has 0 aliphatic carbocycles. The Morgan fingerprint density at radius 2 is 1.17 bits per heavy atom. The number of benzene rings is 1. The second kappa shape index (κ2) is 8.64. The third kappa shape index (κ3) is 3.99. The zero-order valence-corrected chi connectivity index (χ0v) is 16.3. The smallest absolute Gasteiger partial charge is 0.0345 e. The van der Waals surface area contributed by atoms with Crippen molar-refractivity contribution in [3.05, 3.63) is 58.3 Å². The van der Waals surface area contributed by atoms with Crippen LogP contribution in [-0.2, 0) is 12.8 Å². The number of unbranched alkanes of at least 4 members (excludes halogenated alkanes) is 2. The predicted octanol–water partition coefficient (Wildman–Crippen LogP) is 7.83. The van der Waals surface area contributed by atoms with E-state index < -0.39 is 0 Å². The first-order valence-corrected chi connectivity index (χ1v) is 10.8. The monoisotopic (exact) mass is 354 g/mol. The van der Waals surface area contributed by atoms with E-state index in [0.717, 1.165) is 0 Å². The standard InChI is InChI=1S/C22H26S2/c1-3-5-9-17-15-20(22-12-8-14-24-22)18(10-6-4-2)16-19(17)21-11-7-13-23-21/h7-8,11-16H,3-6,9-10H2,1-2H3. The SMILES string of the molecule is CCCCc1cc(-c2cccs2)c(CCCC)cc1-c1cccs1. The number of hydrogen-bond acceptors (Lipinski definition) is 2. The topological polar surface area (TPSA) is 0 Å². The van der Waals surface area contributed by atoms with Crippen LogP contribution in [-0.4, -0.2) is 0 Å². The summed E-state index contributed by atoms with van der Waals surface area (Å²) in [6.45, 7) is 4.56. The highest BCUT2D eigenvalue weighted by molar-refractivity contribution is 7.13. The van der Waals surface area contributed by atoms with Crippen LogP contribution < -0.4 is 0 Å². The summed E-state index contributed by atoms with van der Waals surface area (Å²) in [6.07, 6.45) is 7.37. The molecule has 2 heteroatoms. The van der Waals surface area contributed by atoms with Crippen LogP contribution in [0, 0.1) is 0 Å². The largest absolute Gasteiger partial charge is 0.144 e. The Balaban J connectivity index is 2.10. The van der Waals surface area contributed by atoms with Crippen molar-refractivity contribution >= 4 is 22.7 Å². The Morgan fingerprint density at radius 3 is 1.50 bits per heavy atom. The molecule has 0 N–H and O–H groups in total. The number of thiophene rings is 2. The van der Waals surface area contributed by atoms with Gasteiger partial charge in [-0.25, -0.2) is 0 Å². The van der Waals surface area contributed by atoms with Crippen molar-refractivity contribution in [3.8, 4) is 20.9 Å². The molecule has 3 aromatic rings. The predicted molar refractivity (Wildman–Crippen MR) is 110 cm³/mol. The molecule has 0 nitrogen and oxygen atoms in total. The molecule has 24 heavy (non-hydrogen) atoms. The van der Waals surface area contributed by atoms with Gasteiger partial charge in [-0.2, -0.15) is 0 Å². The fourth-order valence-corrected chi connectivity index (χ4v) is 4.72. The summed E-state index contributed by atoms with van der Waals surface area (Å²) in [7, 11) is 0. The Hall–Kier alpha value is -1.38. The van der Waals surface area contributed by atoms with Crippen molar-refractivity contribution in [3.63, 3.8) is 0 Å². The normalized spacial score (nSPS) is 11.1. The highest BCUT2D eigenvalue weighted by Gasteiger charge is 2.14. The Bertz CT molecular complexity index is 671. The summed E-state index contributed by atoms with van der Waals surface area (Å²) in [5.74, 6) is 0. The van der Waals surface area contributed by atoms with E-state index in [1.807, 2.05) is 22.7 Å². The highest BCUT2D eigenvalue weighted by atomic mass is 32.1. The first-order valence-electron chi connectivity index (χ1n) is 9.07. The molecule has 2 aromatic heterocycles. The van der Waals surface area contributed by atoms with Crippen LogP contribution in [0.3, 0.4) is 0 Å². The Morgan fingerprint density at radius 1 is 0.708 bits per heavy atom. The second-order valence-corrected chi connectivity index (χ2v) is 8.22. The zero-order valence-electron chi connectivity index (χ0n) is 14.7. The van der Waals surface area contributed by atoms with Gasteiger partial charge in [0.1, 0.15) is 0 Å². The quantitative estimate of drug-likeness (QED) is 0.386. The molecule has 1 aromatic carbocycles. The van der Waals surface area contributed by atoms with Gasteiger partial charge in [0.2, 0.25) is 0 Å². The Kier molecular flexibility index (Phi) is 6.28. The molecular formula is C22H26S2. The van der Waals surface area contributed by atoms with Crippen LogP contribution >= 0.6 is 22.7 Å². The molecule has 2 heterocycles. The van der Waals surface area contributed by atoms with Gasteiger partial charge in [-0.15, -0.1) is 22.7 Å². The van der Waals surface area contributed by atoms with E-state index in [2.05, 4.69) is 61.0 Å². The van der Waals surface area contributed by atoms with E-state index in [0.29, 0.717) is 0 Å². The van der Waals surface area contributed by atoms with E-state index in [-0.39, 0.29) is 0 Å². The summed E-state index contributed by atoms with van der Waals surface area (Å²) in [4.78, 5) is 2.83. The first kappa shape index (κ1) is 17.4. The average molecular weight is 355 g/mol. The van der Waals surface area contributed by atoms with Gasteiger partial charge in [0.05, 0.1) is 0 Å². The molecule has 0 fully saturated rings. The molecule has 0 saturated carbocycles. The molecule has 0 unspecified atom stereocenters. The number of hydrogen-bond donors (Lipinski definition) is 0. The molecule has 0 atom stereocenters. The van der Waals surface area contributed by atoms with Gasteiger partial charge in [0.15, 0.2) is 0 Å². The molecule has 0 amide bonds. The van der Waals surface area contributed by atoms with Crippen molar-refractivity contribution in [2.75, 3.05) is 0 Å². The minimum Gasteiger partial charge on any atom is -0.144 e. The van der Waals surface area contributed by atoms with Gasteiger partial charge < -0.3 is 0 Å². The summed E-state index contributed by atoms with van der Waals surface area (Å²) in [5, 5.41) is 4.38. The summed E-state index contributed by atoms with van der Waals surface area (Å²) in [6, 6.07) is 13.8. The van der Waals surface area contributed by atoms with Crippen LogP contribution in [0.1, 0.15) is 50.7 Å². The van der Waals surface area contributed by atoms with E-state index >= 15 is 0 Å². The van der Waals surface area contributed by atoms with E-state index in [1.165, 1.54) is 70.5 Å². The van der Waals surface area contributed by atoms with Gasteiger partial charge in [-0.1, -0.05) is 38.8 Å². The van der Waals surface area contributed by atoms with E-state index in [4.69, 9.17) is 0 Å². The maximum absolute atomic E-state index is 2.49. The van der Waals surface area contributed by atoms with Crippen LogP contribution in [0.15, 0.2) is 47.2 Å². The lowest BCUT2D eigenvalue weighted by Gasteiger charge is -2.15. The molecular weight excluding hydrogens is 328 g/mol. The van der Waals surface area contributed by atoms with Crippen LogP contribution in [0.4, 0.5) is 0 Å². The summed E-state index contributed by atoms with van der Waals surface area (Å²) >= 11 is 3.72. The highest BCUT2D eigenvalue weighted by Crippen LogP contribution is 2.37. The van der Waals surface area contributed by atoms with Gasteiger partial charge in [0.25, 0.3) is 0 Å². The van der Waals surface area contributed by atoms with Crippen LogP contribution in [0.25, 0.3) is 20.9 Å². The fraction of sp³-hybridized carbons (Fsp3) is 0.364. The molecule has 0 aliphatic heterocycles. The van der Waals surface area contributed by atoms with E-state index in [9.17, 15) is 0 Å². The molecule has 0 saturated heterocycles. The summed E-state index contributed by atoms with van der Waals surface area (Å²) < 4.78 is 0. The van der Waals surface area contributed by atoms with Gasteiger partial charge in [-0.3, -0.25) is 0 Å². The second-order valence-electron chi connectivity index (χ2n) is 6.33. The molecule has 0 spiro atoms. The third-order valence-electron chi connectivity index (χ3n) is 4.50. The molecule has 0 radical (unpaired) electrons. The lowest BCUT2D eigenvalue weighted by molar-refractivity contribution is 0.788. The fourth-order valence-electron chi connectivity index (χ4n) is 3.16. The van der Waals surface area contributed by atoms with Gasteiger partial charge in [-0.05, 0) is 83.0 Å². The number of rotatable bonds is 8. The average Bonchev–Trinajstić information content (AvgIpc) is 3.31. The minimum atomic E-state index is 1.18. The van der Waals surface area contributed by atoms with Crippen molar-refractivity contribution in [2.24, 2.45) is 0 Å².